The van der Waals surface area contributed by atoms with Crippen molar-refractivity contribution in [3.8, 4) is 0 Å². The van der Waals surface area contributed by atoms with E-state index >= 15 is 0 Å². The van der Waals surface area contributed by atoms with Crippen LogP contribution in [0.4, 0.5) is 5.82 Å². The van der Waals surface area contributed by atoms with E-state index in [0.29, 0.717) is 23.9 Å². The van der Waals surface area contributed by atoms with Crippen LogP contribution in [-0.4, -0.2) is 48.1 Å². The molecule has 0 amide bonds. The number of rotatable bonds is 3. The largest absolute Gasteiger partial charge is 0.365 e. The molecule has 1 saturated heterocycles. The third kappa shape index (κ3) is 3.31. The van der Waals surface area contributed by atoms with Crippen LogP contribution in [0.1, 0.15) is 12.8 Å². The third-order valence-corrected chi connectivity index (χ3v) is 5.30. The van der Waals surface area contributed by atoms with Crippen molar-refractivity contribution in [2.24, 2.45) is 0 Å². The average Bonchev–Trinajstić information content (AvgIpc) is 2.46. The fourth-order valence-corrected chi connectivity index (χ4v) is 3.78. The van der Waals surface area contributed by atoms with E-state index < -0.39 is 10.0 Å². The number of piperidine rings is 1. The van der Waals surface area contributed by atoms with Gasteiger partial charge in [0.15, 0.2) is 0 Å². The van der Waals surface area contributed by atoms with Gasteiger partial charge in [0.25, 0.3) is 0 Å². The van der Waals surface area contributed by atoms with Gasteiger partial charge in [-0.05, 0) is 31.0 Å². The van der Waals surface area contributed by atoms with Gasteiger partial charge >= 0.3 is 0 Å². The van der Waals surface area contributed by atoms with Crippen molar-refractivity contribution in [2.75, 3.05) is 24.7 Å². The molecular weight excluding hydrogens is 324 g/mol. The first-order valence-electron chi connectivity index (χ1n) is 7.05. The molecule has 8 heteroatoms. The Morgan fingerprint density at radius 1 is 1.36 bits per heavy atom. The van der Waals surface area contributed by atoms with Gasteiger partial charge in [-0.1, -0.05) is 11.6 Å². The molecule has 0 radical (unpaired) electrons. The lowest BCUT2D eigenvalue weighted by atomic mass is 10.1. The standard InChI is InChI=1S/C14H17ClN4O2S/c1-22(20,21)19-6-2-3-11(8-19)18-14-12-5-4-10(15)7-13(12)16-9-17-14/h4-5,7,9,11H,2-3,6,8H2,1H3,(H,16,17,18). The molecule has 3 rings (SSSR count). The normalized spacial score (nSPS) is 20.2. The molecule has 1 aliphatic rings. The summed E-state index contributed by atoms with van der Waals surface area (Å²) in [6, 6.07) is 5.49. The third-order valence-electron chi connectivity index (χ3n) is 3.79. The zero-order chi connectivity index (χ0) is 15.7. The Labute approximate surface area is 134 Å². The molecule has 6 nitrogen and oxygen atoms in total. The van der Waals surface area contributed by atoms with Crippen LogP contribution in [0.2, 0.25) is 5.02 Å². The predicted octanol–water partition coefficient (Wildman–Crippen LogP) is 2.12. The number of hydrogen-bond donors (Lipinski definition) is 1. The van der Waals surface area contributed by atoms with Gasteiger partial charge < -0.3 is 5.32 Å². The average molecular weight is 341 g/mol. The highest BCUT2D eigenvalue weighted by atomic mass is 35.5. The summed E-state index contributed by atoms with van der Waals surface area (Å²) in [6.45, 7) is 1.04. The van der Waals surface area contributed by atoms with E-state index in [-0.39, 0.29) is 6.04 Å². The van der Waals surface area contributed by atoms with E-state index in [1.807, 2.05) is 6.07 Å². The molecule has 1 atom stereocenters. The fraction of sp³-hybridized carbons (Fsp3) is 0.429. The number of sulfonamides is 1. The number of fused-ring (bicyclic) bond motifs is 1. The molecule has 1 aliphatic heterocycles. The minimum absolute atomic E-state index is 0.0391. The van der Waals surface area contributed by atoms with Gasteiger partial charge in [-0.25, -0.2) is 22.7 Å². The molecule has 1 aromatic heterocycles. The van der Waals surface area contributed by atoms with E-state index in [0.717, 1.165) is 23.7 Å². The van der Waals surface area contributed by atoms with Gasteiger partial charge in [0, 0.05) is 29.5 Å². The number of nitrogens with one attached hydrogen (secondary N) is 1. The highest BCUT2D eigenvalue weighted by Crippen LogP contribution is 2.24. The lowest BCUT2D eigenvalue weighted by Crippen LogP contribution is -2.44. The monoisotopic (exact) mass is 340 g/mol. The van der Waals surface area contributed by atoms with Crippen LogP contribution in [0, 0.1) is 0 Å². The van der Waals surface area contributed by atoms with Crippen molar-refractivity contribution < 1.29 is 8.42 Å². The molecule has 1 fully saturated rings. The number of anilines is 1. The molecule has 2 heterocycles. The van der Waals surface area contributed by atoms with Gasteiger partial charge in [0.05, 0.1) is 11.8 Å². The molecule has 1 N–H and O–H groups in total. The molecular formula is C14H17ClN4O2S. The Bertz CT molecular complexity index is 797. The van der Waals surface area contributed by atoms with Crippen molar-refractivity contribution in [1.82, 2.24) is 14.3 Å². The summed E-state index contributed by atoms with van der Waals surface area (Å²) in [7, 11) is -3.16. The second-order valence-corrected chi connectivity index (χ2v) is 7.91. The van der Waals surface area contributed by atoms with Crippen LogP contribution in [-0.2, 0) is 10.0 Å². The molecule has 0 aliphatic carbocycles. The molecule has 22 heavy (non-hydrogen) atoms. The van der Waals surface area contributed by atoms with Crippen LogP contribution in [0.3, 0.4) is 0 Å². The summed E-state index contributed by atoms with van der Waals surface area (Å²) in [4.78, 5) is 8.49. The van der Waals surface area contributed by atoms with E-state index in [4.69, 9.17) is 11.6 Å². The number of aromatic nitrogens is 2. The van der Waals surface area contributed by atoms with Crippen molar-refractivity contribution in [1.29, 1.82) is 0 Å². The zero-order valence-corrected chi connectivity index (χ0v) is 13.7. The van der Waals surface area contributed by atoms with E-state index in [1.54, 1.807) is 12.1 Å². The summed E-state index contributed by atoms with van der Waals surface area (Å²) < 4.78 is 24.9. The second kappa shape index (κ2) is 5.98. The summed E-state index contributed by atoms with van der Waals surface area (Å²) in [5.74, 6) is 0.710. The maximum Gasteiger partial charge on any atom is 0.211 e. The Morgan fingerprint density at radius 2 is 2.18 bits per heavy atom. The quantitative estimate of drug-likeness (QED) is 0.926. The highest BCUT2D eigenvalue weighted by Gasteiger charge is 2.26. The van der Waals surface area contributed by atoms with E-state index in [1.165, 1.54) is 16.9 Å². The SMILES string of the molecule is CS(=O)(=O)N1CCCC(Nc2ncnc3cc(Cl)ccc23)C1. The minimum atomic E-state index is -3.16. The number of nitrogens with zero attached hydrogens (tertiary/aromatic N) is 3. The van der Waals surface area contributed by atoms with Crippen molar-refractivity contribution in [3.05, 3.63) is 29.5 Å². The van der Waals surface area contributed by atoms with Crippen LogP contribution in [0.15, 0.2) is 24.5 Å². The lowest BCUT2D eigenvalue weighted by molar-refractivity contribution is 0.329. The van der Waals surface area contributed by atoms with Gasteiger partial charge in [-0.2, -0.15) is 0 Å². The molecule has 118 valence electrons. The molecule has 0 bridgehead atoms. The number of benzene rings is 1. The fourth-order valence-electron chi connectivity index (χ4n) is 2.70. The molecule has 0 spiro atoms. The molecule has 1 aromatic carbocycles. The summed E-state index contributed by atoms with van der Waals surface area (Å²) in [6.07, 6.45) is 4.47. The lowest BCUT2D eigenvalue weighted by Gasteiger charge is -2.31. The number of hydrogen-bond acceptors (Lipinski definition) is 5. The van der Waals surface area contributed by atoms with E-state index in [9.17, 15) is 8.42 Å². The predicted molar refractivity (Wildman–Crippen MR) is 87.6 cm³/mol. The maximum atomic E-state index is 11.7. The minimum Gasteiger partial charge on any atom is -0.365 e. The van der Waals surface area contributed by atoms with Crippen LogP contribution < -0.4 is 5.32 Å². The van der Waals surface area contributed by atoms with Crippen LogP contribution >= 0.6 is 11.6 Å². The Balaban J connectivity index is 1.84. The van der Waals surface area contributed by atoms with Crippen molar-refractivity contribution in [2.45, 2.75) is 18.9 Å². The van der Waals surface area contributed by atoms with Gasteiger partial charge in [0.2, 0.25) is 10.0 Å². The molecule has 1 unspecified atom stereocenters. The zero-order valence-electron chi connectivity index (χ0n) is 12.2. The second-order valence-electron chi connectivity index (χ2n) is 5.49. The summed E-state index contributed by atoms with van der Waals surface area (Å²) in [5.41, 5.74) is 0.765. The number of halogens is 1. The molecule has 0 saturated carbocycles. The van der Waals surface area contributed by atoms with E-state index in [2.05, 4.69) is 15.3 Å². The van der Waals surface area contributed by atoms with Crippen LogP contribution in [0.5, 0.6) is 0 Å². The summed E-state index contributed by atoms with van der Waals surface area (Å²) in [5, 5.41) is 4.85. The Morgan fingerprint density at radius 3 is 2.95 bits per heavy atom. The van der Waals surface area contributed by atoms with Crippen molar-refractivity contribution in [3.63, 3.8) is 0 Å². The first-order valence-corrected chi connectivity index (χ1v) is 9.28. The first-order chi connectivity index (χ1) is 10.4. The smallest absolute Gasteiger partial charge is 0.211 e. The topological polar surface area (TPSA) is 75.2 Å². The van der Waals surface area contributed by atoms with Gasteiger partial charge in [0.1, 0.15) is 12.1 Å². The van der Waals surface area contributed by atoms with Crippen molar-refractivity contribution >= 4 is 38.3 Å². The Hall–Kier alpha value is -1.44. The maximum absolute atomic E-state index is 11.7. The highest BCUT2D eigenvalue weighted by molar-refractivity contribution is 7.88. The van der Waals surface area contributed by atoms with Crippen LogP contribution in [0.25, 0.3) is 10.9 Å². The van der Waals surface area contributed by atoms with Gasteiger partial charge in [-0.15, -0.1) is 0 Å². The first kappa shape index (κ1) is 15.5. The summed E-state index contributed by atoms with van der Waals surface area (Å²) >= 11 is 5.98. The van der Waals surface area contributed by atoms with Gasteiger partial charge in [-0.3, -0.25) is 0 Å². The Kier molecular flexibility index (Phi) is 4.20. The molecule has 2 aromatic rings.